The molecular weight excluding hydrogens is 368 g/mol. The smallest absolute Gasteiger partial charge is 0.269 e. The van der Waals surface area contributed by atoms with E-state index < -0.39 is 4.92 Å². The molecular formula is C23H20N2O4. The Hall–Kier alpha value is -3.93. The highest BCUT2D eigenvalue weighted by Crippen LogP contribution is 2.21. The van der Waals surface area contributed by atoms with Gasteiger partial charge in [0.2, 0.25) is 0 Å². The number of benzene rings is 3. The van der Waals surface area contributed by atoms with E-state index in [0.29, 0.717) is 17.7 Å². The highest BCUT2D eigenvalue weighted by molar-refractivity contribution is 6.24. The van der Waals surface area contributed by atoms with Crippen LogP contribution in [0, 0.1) is 10.1 Å². The number of hydrogen-bond acceptors (Lipinski definition) is 4. The monoisotopic (exact) mass is 388 g/mol. The zero-order chi connectivity index (χ0) is 20.6. The number of nitro groups is 1. The molecule has 0 unspecified atom stereocenters. The van der Waals surface area contributed by atoms with Crippen LogP contribution in [0.15, 0.2) is 78.9 Å². The molecule has 3 aromatic rings. The molecule has 0 aliphatic carbocycles. The highest BCUT2D eigenvalue weighted by Gasteiger charge is 2.12. The number of carbonyl (C=O) groups is 1. The zero-order valence-electron chi connectivity index (χ0n) is 15.9. The van der Waals surface area contributed by atoms with Crippen molar-refractivity contribution in [3.05, 3.63) is 106 Å². The molecule has 0 aliphatic rings. The number of nitrogens with one attached hydrogen (secondary N) is 1. The minimum Gasteiger partial charge on any atom is -0.497 e. The first-order chi connectivity index (χ1) is 14.1. The fraction of sp³-hybridized carbons (Fsp3) is 0.0870. The van der Waals surface area contributed by atoms with Crippen LogP contribution in [0.2, 0.25) is 0 Å². The van der Waals surface area contributed by atoms with Crippen molar-refractivity contribution in [1.82, 2.24) is 5.32 Å². The SMILES string of the molecule is COc1ccc(CNC(=O)/C(=C/c2ccc([N+](=O)[O-])cc2)c2ccccc2)cc1. The number of ether oxygens (including phenoxy) is 1. The van der Waals surface area contributed by atoms with Crippen molar-refractivity contribution in [3.8, 4) is 5.75 Å². The minimum absolute atomic E-state index is 0.00682. The summed E-state index contributed by atoms with van der Waals surface area (Å²) in [6.45, 7) is 0.368. The lowest BCUT2D eigenvalue weighted by atomic mass is 10.0. The molecule has 6 nitrogen and oxygen atoms in total. The molecule has 3 rings (SSSR count). The lowest BCUT2D eigenvalue weighted by Gasteiger charge is -2.10. The number of methoxy groups -OCH3 is 1. The summed E-state index contributed by atoms with van der Waals surface area (Å²) in [5.74, 6) is 0.522. The molecule has 3 aromatic carbocycles. The molecule has 29 heavy (non-hydrogen) atoms. The molecule has 0 bridgehead atoms. The summed E-state index contributed by atoms with van der Waals surface area (Å²) < 4.78 is 5.14. The second-order valence-corrected chi connectivity index (χ2v) is 6.30. The average molecular weight is 388 g/mol. The van der Waals surface area contributed by atoms with Gasteiger partial charge in [0, 0.05) is 24.3 Å². The molecule has 6 heteroatoms. The Labute approximate surface area is 168 Å². The number of hydrogen-bond donors (Lipinski definition) is 1. The van der Waals surface area contributed by atoms with Crippen LogP contribution in [0.3, 0.4) is 0 Å². The molecule has 1 N–H and O–H groups in total. The second kappa shape index (κ2) is 9.32. The fourth-order valence-corrected chi connectivity index (χ4v) is 2.78. The Kier molecular flexibility index (Phi) is 6.37. The third-order valence-electron chi connectivity index (χ3n) is 4.36. The summed E-state index contributed by atoms with van der Waals surface area (Å²) in [6, 6.07) is 22.8. The van der Waals surface area contributed by atoms with Crippen molar-refractivity contribution in [2.75, 3.05) is 7.11 Å². The largest absolute Gasteiger partial charge is 0.497 e. The molecule has 146 valence electrons. The van der Waals surface area contributed by atoms with Crippen molar-refractivity contribution in [1.29, 1.82) is 0 Å². The van der Waals surface area contributed by atoms with Gasteiger partial charge in [-0.15, -0.1) is 0 Å². The van der Waals surface area contributed by atoms with E-state index in [1.54, 1.807) is 25.3 Å². The topological polar surface area (TPSA) is 81.5 Å². The third-order valence-corrected chi connectivity index (χ3v) is 4.36. The van der Waals surface area contributed by atoms with E-state index >= 15 is 0 Å². The first kappa shape index (κ1) is 19.8. The van der Waals surface area contributed by atoms with Gasteiger partial charge in [0.15, 0.2) is 0 Å². The van der Waals surface area contributed by atoms with E-state index in [0.717, 1.165) is 16.9 Å². The van der Waals surface area contributed by atoms with Crippen LogP contribution in [-0.4, -0.2) is 17.9 Å². The first-order valence-electron chi connectivity index (χ1n) is 8.99. The number of nitrogens with zero attached hydrogens (tertiary/aromatic N) is 1. The summed E-state index contributed by atoms with van der Waals surface area (Å²) in [5, 5.41) is 13.8. The van der Waals surface area contributed by atoms with Crippen LogP contribution >= 0.6 is 0 Å². The Morgan fingerprint density at radius 1 is 1.00 bits per heavy atom. The summed E-state index contributed by atoms with van der Waals surface area (Å²) in [4.78, 5) is 23.3. The van der Waals surface area contributed by atoms with Crippen LogP contribution in [0.1, 0.15) is 16.7 Å². The summed E-state index contributed by atoms with van der Waals surface area (Å²) in [7, 11) is 1.60. The molecule has 0 aliphatic heterocycles. The Morgan fingerprint density at radius 2 is 1.66 bits per heavy atom. The van der Waals surface area contributed by atoms with Crippen molar-refractivity contribution in [2.24, 2.45) is 0 Å². The van der Waals surface area contributed by atoms with Crippen LogP contribution in [0.4, 0.5) is 5.69 Å². The Bertz CT molecular complexity index is 1010. The van der Waals surface area contributed by atoms with E-state index in [1.165, 1.54) is 12.1 Å². The van der Waals surface area contributed by atoms with E-state index in [1.807, 2.05) is 54.6 Å². The molecule has 0 saturated heterocycles. The van der Waals surface area contributed by atoms with Crippen molar-refractivity contribution in [2.45, 2.75) is 6.54 Å². The van der Waals surface area contributed by atoms with Gasteiger partial charge in [-0.3, -0.25) is 14.9 Å². The van der Waals surface area contributed by atoms with Gasteiger partial charge in [0.25, 0.3) is 11.6 Å². The van der Waals surface area contributed by atoms with Gasteiger partial charge in [0.05, 0.1) is 12.0 Å². The third kappa shape index (κ3) is 5.29. The van der Waals surface area contributed by atoms with Gasteiger partial charge >= 0.3 is 0 Å². The maximum absolute atomic E-state index is 12.9. The first-order valence-corrected chi connectivity index (χ1v) is 8.99. The highest BCUT2D eigenvalue weighted by atomic mass is 16.6. The standard InChI is InChI=1S/C23H20N2O4/c1-29-21-13-9-18(10-14-21)16-24-23(26)22(19-5-3-2-4-6-19)15-17-7-11-20(12-8-17)25(27)28/h2-15H,16H2,1H3,(H,24,26)/b22-15+. The molecule has 0 atom stereocenters. The lowest BCUT2D eigenvalue weighted by molar-refractivity contribution is -0.384. The normalized spacial score (nSPS) is 11.0. The van der Waals surface area contributed by atoms with Crippen molar-refractivity contribution >= 4 is 23.2 Å². The molecule has 0 spiro atoms. The summed E-state index contributed by atoms with van der Waals surface area (Å²) in [6.07, 6.45) is 1.72. The van der Waals surface area contributed by atoms with E-state index in [2.05, 4.69) is 5.32 Å². The van der Waals surface area contributed by atoms with Gasteiger partial charge in [-0.25, -0.2) is 0 Å². The summed E-state index contributed by atoms with van der Waals surface area (Å²) >= 11 is 0. The van der Waals surface area contributed by atoms with Gasteiger partial charge in [-0.05, 0) is 47.0 Å². The number of nitro benzene ring substituents is 1. The van der Waals surface area contributed by atoms with E-state index in [4.69, 9.17) is 4.74 Å². The lowest BCUT2D eigenvalue weighted by Crippen LogP contribution is -2.23. The maximum Gasteiger partial charge on any atom is 0.269 e. The van der Waals surface area contributed by atoms with Crippen LogP contribution in [-0.2, 0) is 11.3 Å². The number of non-ortho nitro benzene ring substituents is 1. The predicted octanol–water partition coefficient (Wildman–Crippen LogP) is 4.46. The van der Waals surface area contributed by atoms with Crippen molar-refractivity contribution in [3.63, 3.8) is 0 Å². The predicted molar refractivity (Wildman–Crippen MR) is 112 cm³/mol. The van der Waals surface area contributed by atoms with Crippen molar-refractivity contribution < 1.29 is 14.5 Å². The van der Waals surface area contributed by atoms with Gasteiger partial charge < -0.3 is 10.1 Å². The number of amides is 1. The van der Waals surface area contributed by atoms with Crippen LogP contribution in [0.25, 0.3) is 11.6 Å². The Balaban J connectivity index is 1.82. The molecule has 0 heterocycles. The molecule has 0 saturated carbocycles. The second-order valence-electron chi connectivity index (χ2n) is 6.30. The quantitative estimate of drug-likeness (QED) is 0.280. The van der Waals surface area contributed by atoms with Gasteiger partial charge in [-0.1, -0.05) is 42.5 Å². The summed E-state index contributed by atoms with van der Waals surface area (Å²) in [5.41, 5.74) is 2.90. The van der Waals surface area contributed by atoms with Gasteiger partial charge in [0.1, 0.15) is 5.75 Å². The number of carbonyl (C=O) groups excluding carboxylic acids is 1. The molecule has 0 radical (unpaired) electrons. The van der Waals surface area contributed by atoms with Gasteiger partial charge in [-0.2, -0.15) is 0 Å². The molecule has 0 fully saturated rings. The molecule has 0 aromatic heterocycles. The molecule has 1 amide bonds. The van der Waals surface area contributed by atoms with E-state index in [9.17, 15) is 14.9 Å². The zero-order valence-corrected chi connectivity index (χ0v) is 15.9. The van der Waals surface area contributed by atoms with E-state index in [-0.39, 0.29) is 11.6 Å². The fourth-order valence-electron chi connectivity index (χ4n) is 2.78. The minimum atomic E-state index is -0.451. The van der Waals surface area contributed by atoms with Crippen LogP contribution in [0.5, 0.6) is 5.75 Å². The van der Waals surface area contributed by atoms with Crippen LogP contribution < -0.4 is 10.1 Å². The maximum atomic E-state index is 12.9. The number of rotatable bonds is 7. The Morgan fingerprint density at radius 3 is 2.24 bits per heavy atom. The average Bonchev–Trinajstić information content (AvgIpc) is 2.77.